The first kappa shape index (κ1) is 5.10. The highest BCUT2D eigenvalue weighted by Gasteiger charge is 2.26. The summed E-state index contributed by atoms with van der Waals surface area (Å²) < 4.78 is 0. The first-order chi connectivity index (χ1) is 4.38. The van der Waals surface area contributed by atoms with E-state index in [9.17, 15) is 0 Å². The summed E-state index contributed by atoms with van der Waals surface area (Å²) in [7, 11) is 0. The van der Waals surface area contributed by atoms with Crippen molar-refractivity contribution < 1.29 is 0 Å². The normalized spacial score (nSPS) is 29.8. The summed E-state index contributed by atoms with van der Waals surface area (Å²) in [5.74, 6) is 0.755. The van der Waals surface area contributed by atoms with Crippen molar-refractivity contribution in [3.8, 4) is 0 Å². The first-order valence-corrected chi connectivity index (χ1v) is 3.53. The first-order valence-electron chi connectivity index (χ1n) is 3.53. The largest absolute Gasteiger partial charge is 0.402 e. The highest BCUT2D eigenvalue weighted by Crippen LogP contribution is 2.37. The van der Waals surface area contributed by atoms with E-state index in [1.165, 1.54) is 18.4 Å². The molecule has 0 unspecified atom stereocenters. The van der Waals surface area contributed by atoms with E-state index in [0.717, 1.165) is 18.0 Å². The Balaban J connectivity index is 2.16. The summed E-state index contributed by atoms with van der Waals surface area (Å²) in [5.41, 5.74) is 8.36. The van der Waals surface area contributed by atoms with Crippen LogP contribution in [0.25, 0.3) is 0 Å². The Morgan fingerprint density at radius 1 is 1.56 bits per heavy atom. The molecule has 0 aromatic heterocycles. The zero-order valence-electron chi connectivity index (χ0n) is 5.43. The molecule has 0 radical (unpaired) electrons. The maximum absolute atomic E-state index is 5.81. The van der Waals surface area contributed by atoms with Crippen LogP contribution >= 0.6 is 0 Å². The fourth-order valence-corrected chi connectivity index (χ4v) is 1.11. The molecule has 0 bridgehead atoms. The van der Waals surface area contributed by atoms with Crippen LogP contribution in [0.4, 0.5) is 0 Å². The topological polar surface area (TPSA) is 26.0 Å². The van der Waals surface area contributed by atoms with Gasteiger partial charge in [0, 0.05) is 5.70 Å². The summed E-state index contributed by atoms with van der Waals surface area (Å²) in [4.78, 5) is 0. The molecule has 1 nitrogen and oxygen atoms in total. The van der Waals surface area contributed by atoms with Crippen LogP contribution in [0.1, 0.15) is 19.3 Å². The van der Waals surface area contributed by atoms with Crippen molar-refractivity contribution in [2.24, 2.45) is 11.7 Å². The van der Waals surface area contributed by atoms with Crippen LogP contribution in [0, 0.1) is 5.92 Å². The van der Waals surface area contributed by atoms with Crippen LogP contribution in [0.2, 0.25) is 0 Å². The van der Waals surface area contributed by atoms with E-state index >= 15 is 0 Å². The Bertz CT molecular complexity index is 185. The molecule has 1 heteroatoms. The van der Waals surface area contributed by atoms with E-state index in [0.29, 0.717) is 0 Å². The van der Waals surface area contributed by atoms with Crippen LogP contribution in [-0.4, -0.2) is 0 Å². The fraction of sp³-hybridized carbons (Fsp3) is 0.500. The van der Waals surface area contributed by atoms with Gasteiger partial charge < -0.3 is 5.73 Å². The molecule has 1 saturated carbocycles. The number of hydrogen-bond donors (Lipinski definition) is 1. The van der Waals surface area contributed by atoms with Crippen molar-refractivity contribution in [1.82, 2.24) is 0 Å². The van der Waals surface area contributed by atoms with Gasteiger partial charge in [-0.2, -0.15) is 0 Å². The molecule has 0 saturated heterocycles. The molecule has 48 valence electrons. The molecule has 9 heavy (non-hydrogen) atoms. The minimum absolute atomic E-state index is 0.755. The average Bonchev–Trinajstić information content (AvgIpc) is 2.37. The molecule has 0 amide bonds. The van der Waals surface area contributed by atoms with E-state index in [1.54, 1.807) is 0 Å². The minimum atomic E-state index is 0.755. The number of rotatable bonds is 1. The molecule has 0 aromatic carbocycles. The van der Waals surface area contributed by atoms with Crippen molar-refractivity contribution in [3.63, 3.8) is 0 Å². The zero-order chi connectivity index (χ0) is 6.27. The Morgan fingerprint density at radius 2 is 2.22 bits per heavy atom. The van der Waals surface area contributed by atoms with Gasteiger partial charge in [-0.1, -0.05) is 12.2 Å². The predicted octanol–water partition coefficient (Wildman–Crippen LogP) is 1.57. The maximum Gasteiger partial charge on any atom is 0.0148 e. The van der Waals surface area contributed by atoms with E-state index in [1.807, 2.05) is 0 Å². The van der Waals surface area contributed by atoms with E-state index in [-0.39, 0.29) is 0 Å². The summed E-state index contributed by atoms with van der Waals surface area (Å²) >= 11 is 0. The van der Waals surface area contributed by atoms with Crippen molar-refractivity contribution in [2.75, 3.05) is 0 Å². The lowest BCUT2D eigenvalue weighted by Crippen LogP contribution is -2.05. The van der Waals surface area contributed by atoms with Crippen LogP contribution in [-0.2, 0) is 0 Å². The van der Waals surface area contributed by atoms with Gasteiger partial charge in [0.25, 0.3) is 0 Å². The Labute approximate surface area is 55.2 Å². The van der Waals surface area contributed by atoms with E-state index in [2.05, 4.69) is 12.2 Å². The monoisotopic (exact) mass is 121 g/mol. The molecule has 2 N–H and O–H groups in total. The molecule has 2 aliphatic rings. The SMILES string of the molecule is N/C(=C1\C=CC1)C1CC1. The average molecular weight is 121 g/mol. The van der Waals surface area contributed by atoms with Crippen molar-refractivity contribution in [1.29, 1.82) is 0 Å². The standard InChI is InChI=1S/C8H11N/c9-8(7-4-5-7)6-2-1-3-6/h1-2,7H,3-5,9H2/b8-6+. The van der Waals surface area contributed by atoms with E-state index < -0.39 is 0 Å². The van der Waals surface area contributed by atoms with Crippen LogP contribution in [0.15, 0.2) is 23.4 Å². The van der Waals surface area contributed by atoms with Gasteiger partial charge in [-0.3, -0.25) is 0 Å². The van der Waals surface area contributed by atoms with Gasteiger partial charge >= 0.3 is 0 Å². The molecule has 0 heterocycles. The molecular formula is C8H11N. The smallest absolute Gasteiger partial charge is 0.0148 e. The molecule has 0 aliphatic heterocycles. The molecule has 0 atom stereocenters. The van der Waals surface area contributed by atoms with Crippen LogP contribution in [0.5, 0.6) is 0 Å². The zero-order valence-corrected chi connectivity index (χ0v) is 5.43. The van der Waals surface area contributed by atoms with E-state index in [4.69, 9.17) is 5.73 Å². The van der Waals surface area contributed by atoms with Gasteiger partial charge in [-0.15, -0.1) is 0 Å². The maximum atomic E-state index is 5.81. The molecular weight excluding hydrogens is 110 g/mol. The van der Waals surface area contributed by atoms with Gasteiger partial charge in [-0.25, -0.2) is 0 Å². The highest BCUT2D eigenvalue weighted by molar-refractivity contribution is 5.36. The van der Waals surface area contributed by atoms with Gasteiger partial charge in [0.2, 0.25) is 0 Å². The van der Waals surface area contributed by atoms with Crippen molar-refractivity contribution in [3.05, 3.63) is 23.4 Å². The second-order valence-electron chi connectivity index (χ2n) is 2.86. The predicted molar refractivity (Wildman–Crippen MR) is 37.7 cm³/mol. The molecule has 2 rings (SSSR count). The Morgan fingerprint density at radius 3 is 2.56 bits per heavy atom. The number of nitrogens with two attached hydrogens (primary N) is 1. The lowest BCUT2D eigenvalue weighted by Gasteiger charge is -2.10. The molecule has 1 fully saturated rings. The van der Waals surface area contributed by atoms with Crippen LogP contribution < -0.4 is 5.73 Å². The second kappa shape index (κ2) is 1.63. The number of hydrogen-bond acceptors (Lipinski definition) is 1. The lowest BCUT2D eigenvalue weighted by atomic mass is 9.99. The summed E-state index contributed by atoms with van der Waals surface area (Å²) in [6.45, 7) is 0. The summed E-state index contributed by atoms with van der Waals surface area (Å²) in [6.07, 6.45) is 8.05. The number of allylic oxidation sites excluding steroid dienone is 4. The minimum Gasteiger partial charge on any atom is -0.402 e. The molecule has 0 spiro atoms. The summed E-state index contributed by atoms with van der Waals surface area (Å²) in [6, 6.07) is 0. The molecule has 0 aromatic rings. The van der Waals surface area contributed by atoms with Crippen molar-refractivity contribution in [2.45, 2.75) is 19.3 Å². The third-order valence-electron chi connectivity index (χ3n) is 2.04. The molecule has 2 aliphatic carbocycles. The fourth-order valence-electron chi connectivity index (χ4n) is 1.11. The second-order valence-corrected chi connectivity index (χ2v) is 2.86. The Kier molecular flexibility index (Phi) is 0.922. The highest BCUT2D eigenvalue weighted by atomic mass is 14.6. The van der Waals surface area contributed by atoms with Gasteiger partial charge in [-0.05, 0) is 30.8 Å². The van der Waals surface area contributed by atoms with Gasteiger partial charge in [0.1, 0.15) is 0 Å². The summed E-state index contributed by atoms with van der Waals surface area (Å²) in [5, 5.41) is 0. The lowest BCUT2D eigenvalue weighted by molar-refractivity contribution is 0.930. The quantitative estimate of drug-likeness (QED) is 0.560. The third-order valence-corrected chi connectivity index (χ3v) is 2.04. The van der Waals surface area contributed by atoms with Crippen molar-refractivity contribution >= 4 is 0 Å². The van der Waals surface area contributed by atoms with Gasteiger partial charge in [0.05, 0.1) is 0 Å². The van der Waals surface area contributed by atoms with Gasteiger partial charge in [0.15, 0.2) is 0 Å². The van der Waals surface area contributed by atoms with Crippen LogP contribution in [0.3, 0.4) is 0 Å². The third kappa shape index (κ3) is 0.766. The Hall–Kier alpha value is -0.720.